The van der Waals surface area contributed by atoms with Crippen LogP contribution in [0.5, 0.6) is 0 Å². The Bertz CT molecular complexity index is 597. The first kappa shape index (κ1) is 17.7. The molecular weight excluding hydrogens is 288 g/mol. The van der Waals surface area contributed by atoms with Gasteiger partial charge >= 0.3 is 0 Å². The molecule has 5 nitrogen and oxygen atoms in total. The Labute approximate surface area is 127 Å². The summed E-state index contributed by atoms with van der Waals surface area (Å²) >= 11 is 0. The van der Waals surface area contributed by atoms with E-state index in [1.165, 1.54) is 10.6 Å². The summed E-state index contributed by atoms with van der Waals surface area (Å²) in [7, 11) is -3.16. The van der Waals surface area contributed by atoms with E-state index in [1.54, 1.807) is 13.0 Å². The number of nitrogens with zero attached hydrogens (tertiary/aromatic N) is 1. The average molecular weight is 312 g/mol. The molecule has 118 valence electrons. The van der Waals surface area contributed by atoms with Crippen molar-refractivity contribution in [1.82, 2.24) is 9.62 Å². The minimum Gasteiger partial charge on any atom is -0.352 e. The van der Waals surface area contributed by atoms with Crippen molar-refractivity contribution < 1.29 is 13.2 Å². The van der Waals surface area contributed by atoms with Gasteiger partial charge in [0.2, 0.25) is 10.0 Å². The highest BCUT2D eigenvalue weighted by Crippen LogP contribution is 2.09. The topological polar surface area (TPSA) is 66.5 Å². The number of carbonyl (C=O) groups is 1. The van der Waals surface area contributed by atoms with Gasteiger partial charge < -0.3 is 5.32 Å². The molecule has 1 aromatic rings. The zero-order valence-corrected chi connectivity index (χ0v) is 14.0. The largest absolute Gasteiger partial charge is 0.352 e. The molecule has 21 heavy (non-hydrogen) atoms. The van der Waals surface area contributed by atoms with Gasteiger partial charge in [-0.3, -0.25) is 4.79 Å². The molecule has 6 heteroatoms. The van der Waals surface area contributed by atoms with Crippen LogP contribution in [0.4, 0.5) is 0 Å². The molecule has 0 bridgehead atoms. The van der Waals surface area contributed by atoms with Gasteiger partial charge in [-0.25, -0.2) is 12.7 Å². The molecule has 1 N–H and O–H groups in total. The van der Waals surface area contributed by atoms with Crippen molar-refractivity contribution >= 4 is 15.9 Å². The number of rotatable bonds is 7. The summed E-state index contributed by atoms with van der Waals surface area (Å²) < 4.78 is 24.2. The van der Waals surface area contributed by atoms with Crippen molar-refractivity contribution in [2.24, 2.45) is 0 Å². The summed E-state index contributed by atoms with van der Waals surface area (Å²) in [6.45, 7) is 7.10. The van der Waals surface area contributed by atoms with Crippen LogP contribution in [0, 0.1) is 13.8 Å². The van der Waals surface area contributed by atoms with Crippen molar-refractivity contribution in [1.29, 1.82) is 0 Å². The van der Waals surface area contributed by atoms with Gasteiger partial charge in [0.15, 0.2) is 0 Å². The van der Waals surface area contributed by atoms with Crippen molar-refractivity contribution in [2.75, 3.05) is 25.9 Å². The van der Waals surface area contributed by atoms with Crippen LogP contribution in [0.2, 0.25) is 0 Å². The fourth-order valence-corrected chi connectivity index (χ4v) is 2.93. The molecule has 0 unspecified atom stereocenters. The lowest BCUT2D eigenvalue weighted by atomic mass is 10.1. The molecule has 0 aliphatic carbocycles. The Hall–Kier alpha value is -1.40. The molecule has 0 atom stereocenters. The fourth-order valence-electron chi connectivity index (χ4n) is 2.00. The van der Waals surface area contributed by atoms with E-state index in [0.717, 1.165) is 11.1 Å². The number of aryl methyl sites for hydroxylation is 2. The van der Waals surface area contributed by atoms with E-state index in [1.807, 2.05) is 26.0 Å². The van der Waals surface area contributed by atoms with Crippen LogP contribution in [0.3, 0.4) is 0 Å². The lowest BCUT2D eigenvalue weighted by Gasteiger charge is -2.17. The molecule has 0 fully saturated rings. The SMILES string of the molecule is CCN(CCCNC(=O)c1ccc(C)c(C)c1)S(C)(=O)=O. The summed E-state index contributed by atoms with van der Waals surface area (Å²) in [6, 6.07) is 5.58. The zero-order valence-electron chi connectivity index (χ0n) is 13.1. The molecule has 0 spiro atoms. The van der Waals surface area contributed by atoms with Gasteiger partial charge in [-0.2, -0.15) is 0 Å². The van der Waals surface area contributed by atoms with Gasteiger partial charge in [-0.15, -0.1) is 0 Å². The highest BCUT2D eigenvalue weighted by atomic mass is 32.2. The third-order valence-corrected chi connectivity index (χ3v) is 4.84. The number of sulfonamides is 1. The second-order valence-electron chi connectivity index (χ2n) is 5.16. The quantitative estimate of drug-likeness (QED) is 0.779. The Balaban J connectivity index is 2.45. The summed E-state index contributed by atoms with van der Waals surface area (Å²) in [5.74, 6) is -0.125. The maximum Gasteiger partial charge on any atom is 0.251 e. The molecule has 0 saturated carbocycles. The second kappa shape index (κ2) is 7.56. The molecule has 0 heterocycles. The lowest BCUT2D eigenvalue weighted by molar-refractivity contribution is 0.0952. The standard InChI is InChI=1S/C15H24N2O3S/c1-5-17(21(4,19)20)10-6-9-16-15(18)14-8-7-12(2)13(3)11-14/h7-8,11H,5-6,9-10H2,1-4H3,(H,16,18). The number of carbonyl (C=O) groups excluding carboxylic acids is 1. The van der Waals surface area contributed by atoms with Crippen LogP contribution in [0.25, 0.3) is 0 Å². The van der Waals surface area contributed by atoms with E-state index in [9.17, 15) is 13.2 Å². The second-order valence-corrected chi connectivity index (χ2v) is 7.15. The summed E-state index contributed by atoms with van der Waals surface area (Å²) in [4.78, 5) is 12.0. The highest BCUT2D eigenvalue weighted by Gasteiger charge is 2.13. The van der Waals surface area contributed by atoms with Gasteiger partial charge in [-0.1, -0.05) is 13.0 Å². The molecule has 0 aromatic heterocycles. The van der Waals surface area contributed by atoms with E-state index < -0.39 is 10.0 Å². The van der Waals surface area contributed by atoms with Gasteiger partial charge in [0.05, 0.1) is 6.26 Å². The normalized spacial score (nSPS) is 11.7. The van der Waals surface area contributed by atoms with E-state index in [0.29, 0.717) is 31.6 Å². The molecule has 0 saturated heterocycles. The first-order chi connectivity index (χ1) is 9.75. The number of hydrogen-bond donors (Lipinski definition) is 1. The third-order valence-electron chi connectivity index (χ3n) is 3.46. The first-order valence-electron chi connectivity index (χ1n) is 7.06. The fraction of sp³-hybridized carbons (Fsp3) is 0.533. The van der Waals surface area contributed by atoms with E-state index >= 15 is 0 Å². The summed E-state index contributed by atoms with van der Waals surface area (Å²) in [5.41, 5.74) is 2.86. The minimum atomic E-state index is -3.16. The lowest BCUT2D eigenvalue weighted by Crippen LogP contribution is -2.33. The number of nitrogens with one attached hydrogen (secondary N) is 1. The summed E-state index contributed by atoms with van der Waals surface area (Å²) in [5, 5.41) is 2.82. The van der Waals surface area contributed by atoms with Crippen molar-refractivity contribution in [2.45, 2.75) is 27.2 Å². The predicted octanol–water partition coefficient (Wildman–Crippen LogP) is 1.70. The highest BCUT2D eigenvalue weighted by molar-refractivity contribution is 7.88. The first-order valence-corrected chi connectivity index (χ1v) is 8.91. The number of hydrogen-bond acceptors (Lipinski definition) is 3. The van der Waals surface area contributed by atoms with Crippen molar-refractivity contribution in [3.05, 3.63) is 34.9 Å². The average Bonchev–Trinajstić information content (AvgIpc) is 2.40. The minimum absolute atomic E-state index is 0.125. The van der Waals surface area contributed by atoms with E-state index in [-0.39, 0.29) is 5.91 Å². The van der Waals surface area contributed by atoms with Crippen molar-refractivity contribution in [3.63, 3.8) is 0 Å². The van der Waals surface area contributed by atoms with Gasteiger partial charge in [0.1, 0.15) is 0 Å². The molecule has 0 aliphatic heterocycles. The molecular formula is C15H24N2O3S. The van der Waals surface area contributed by atoms with Crippen LogP contribution in [0.1, 0.15) is 34.8 Å². The van der Waals surface area contributed by atoms with Crippen LogP contribution in [0.15, 0.2) is 18.2 Å². The van der Waals surface area contributed by atoms with Crippen molar-refractivity contribution in [3.8, 4) is 0 Å². The molecule has 0 aliphatic rings. The van der Waals surface area contributed by atoms with E-state index in [2.05, 4.69) is 5.32 Å². The van der Waals surface area contributed by atoms with Gasteiger partial charge in [-0.05, 0) is 43.5 Å². The van der Waals surface area contributed by atoms with Gasteiger partial charge in [0, 0.05) is 25.2 Å². The molecule has 0 radical (unpaired) electrons. The Morgan fingerprint density at radius 3 is 2.43 bits per heavy atom. The molecule has 1 rings (SSSR count). The van der Waals surface area contributed by atoms with Gasteiger partial charge in [0.25, 0.3) is 5.91 Å². The van der Waals surface area contributed by atoms with Crippen LogP contribution in [-0.2, 0) is 10.0 Å². The number of amides is 1. The zero-order chi connectivity index (χ0) is 16.0. The van der Waals surface area contributed by atoms with Crippen LogP contribution >= 0.6 is 0 Å². The number of benzene rings is 1. The van der Waals surface area contributed by atoms with E-state index in [4.69, 9.17) is 0 Å². The Morgan fingerprint density at radius 2 is 1.90 bits per heavy atom. The maximum absolute atomic E-state index is 12.0. The molecule has 1 aromatic carbocycles. The molecule has 1 amide bonds. The maximum atomic E-state index is 12.0. The Kier molecular flexibility index (Phi) is 6.36. The third kappa shape index (κ3) is 5.47. The summed E-state index contributed by atoms with van der Waals surface area (Å²) in [6.07, 6.45) is 1.79. The van der Waals surface area contributed by atoms with Crippen LogP contribution < -0.4 is 5.32 Å². The monoisotopic (exact) mass is 312 g/mol. The predicted molar refractivity (Wildman–Crippen MR) is 85.0 cm³/mol. The van der Waals surface area contributed by atoms with Crippen LogP contribution in [-0.4, -0.2) is 44.5 Å². The Morgan fingerprint density at radius 1 is 1.24 bits per heavy atom. The smallest absolute Gasteiger partial charge is 0.251 e.